The lowest BCUT2D eigenvalue weighted by Crippen LogP contribution is -2.31. The van der Waals surface area contributed by atoms with Crippen LogP contribution in [0.25, 0.3) is 0 Å². The molecule has 0 bridgehead atoms. The molecule has 1 aromatic carbocycles. The van der Waals surface area contributed by atoms with Crippen LogP contribution in [-0.4, -0.2) is 19.0 Å². The van der Waals surface area contributed by atoms with Gasteiger partial charge < -0.3 is 14.6 Å². The fourth-order valence-electron chi connectivity index (χ4n) is 2.76. The Hall–Kier alpha value is -2.01. The van der Waals surface area contributed by atoms with E-state index in [4.69, 9.17) is 9.68 Å². The third-order valence-electron chi connectivity index (χ3n) is 3.85. The van der Waals surface area contributed by atoms with Crippen LogP contribution < -0.4 is 10.2 Å². The van der Waals surface area contributed by atoms with Gasteiger partial charge in [-0.05, 0) is 66.1 Å². The summed E-state index contributed by atoms with van der Waals surface area (Å²) in [5.41, 5.74) is 1.84. The van der Waals surface area contributed by atoms with Gasteiger partial charge in [-0.2, -0.15) is 5.26 Å². The van der Waals surface area contributed by atoms with Crippen molar-refractivity contribution in [3.05, 3.63) is 45.4 Å². The maximum atomic E-state index is 12.4. The molecule has 1 aliphatic rings. The molecule has 0 aliphatic carbocycles. The first-order valence-electron chi connectivity index (χ1n) is 7.54. The second kappa shape index (κ2) is 7.04. The number of anilines is 2. The van der Waals surface area contributed by atoms with E-state index in [0.29, 0.717) is 0 Å². The van der Waals surface area contributed by atoms with Gasteiger partial charge in [-0.15, -0.1) is 0 Å². The Balaban J connectivity index is 1.86. The Bertz CT molecular complexity index is 757. The summed E-state index contributed by atoms with van der Waals surface area (Å²) in [6.45, 7) is 2.00. The Morgan fingerprint density at radius 3 is 2.70 bits per heavy atom. The predicted molar refractivity (Wildman–Crippen MR) is 96.6 cm³/mol. The van der Waals surface area contributed by atoms with Gasteiger partial charge in [0, 0.05) is 16.7 Å². The molecule has 1 amide bonds. The number of hydrogen-bond donors (Lipinski definition) is 1. The van der Waals surface area contributed by atoms with Crippen molar-refractivity contribution >= 4 is 39.9 Å². The van der Waals surface area contributed by atoms with Crippen LogP contribution >= 0.6 is 22.6 Å². The van der Waals surface area contributed by atoms with Gasteiger partial charge in [-0.3, -0.25) is 4.79 Å². The van der Waals surface area contributed by atoms with Gasteiger partial charge in [0.25, 0.3) is 5.91 Å². The molecule has 23 heavy (non-hydrogen) atoms. The van der Waals surface area contributed by atoms with Crippen molar-refractivity contribution < 1.29 is 9.21 Å². The van der Waals surface area contributed by atoms with E-state index in [-0.39, 0.29) is 17.4 Å². The highest BCUT2D eigenvalue weighted by atomic mass is 127. The van der Waals surface area contributed by atoms with Crippen molar-refractivity contribution in [1.29, 1.82) is 5.26 Å². The summed E-state index contributed by atoms with van der Waals surface area (Å²) in [5, 5.41) is 11.7. The fraction of sp³-hybridized carbons (Fsp3) is 0.294. The van der Waals surface area contributed by atoms with Crippen LogP contribution in [0.5, 0.6) is 0 Å². The molecule has 2 aromatic rings. The van der Waals surface area contributed by atoms with Crippen molar-refractivity contribution in [3.8, 4) is 6.07 Å². The van der Waals surface area contributed by atoms with Crippen LogP contribution in [0.1, 0.15) is 35.6 Å². The zero-order valence-electron chi connectivity index (χ0n) is 12.5. The summed E-state index contributed by atoms with van der Waals surface area (Å²) in [4.78, 5) is 14.7. The zero-order chi connectivity index (χ0) is 16.2. The van der Waals surface area contributed by atoms with Gasteiger partial charge in [-0.25, -0.2) is 0 Å². The van der Waals surface area contributed by atoms with Gasteiger partial charge >= 0.3 is 0 Å². The van der Waals surface area contributed by atoms with E-state index in [0.717, 1.165) is 28.0 Å². The maximum Gasteiger partial charge on any atom is 0.291 e. The Morgan fingerprint density at radius 2 is 2.00 bits per heavy atom. The second-order valence-corrected chi connectivity index (χ2v) is 6.58. The van der Waals surface area contributed by atoms with E-state index in [2.05, 4.69) is 32.8 Å². The first kappa shape index (κ1) is 15.9. The number of halogens is 1. The fourth-order valence-corrected chi connectivity index (χ4v) is 3.60. The molecular weight excluding hydrogens is 405 g/mol. The Labute approximate surface area is 148 Å². The topological polar surface area (TPSA) is 69.3 Å². The van der Waals surface area contributed by atoms with Crippen LogP contribution in [-0.2, 0) is 0 Å². The number of piperidine rings is 1. The van der Waals surface area contributed by atoms with Crippen LogP contribution in [0.2, 0.25) is 0 Å². The number of nitriles is 1. The molecule has 0 saturated carbocycles. The average molecular weight is 421 g/mol. The number of nitrogens with one attached hydrogen (secondary N) is 1. The first-order chi connectivity index (χ1) is 11.2. The molecule has 0 unspecified atom stereocenters. The molecule has 1 saturated heterocycles. The van der Waals surface area contributed by atoms with Crippen LogP contribution in [0, 0.1) is 14.9 Å². The first-order valence-corrected chi connectivity index (χ1v) is 8.61. The van der Waals surface area contributed by atoms with Crippen molar-refractivity contribution in [1.82, 2.24) is 0 Å². The minimum atomic E-state index is -0.341. The smallest absolute Gasteiger partial charge is 0.291 e. The van der Waals surface area contributed by atoms with Crippen molar-refractivity contribution in [3.63, 3.8) is 0 Å². The lowest BCUT2D eigenvalue weighted by molar-refractivity contribution is 0.0996. The van der Waals surface area contributed by atoms with Crippen molar-refractivity contribution in [2.75, 3.05) is 23.3 Å². The monoisotopic (exact) mass is 421 g/mol. The molecule has 3 rings (SSSR count). The van der Waals surface area contributed by atoms with E-state index < -0.39 is 0 Å². The van der Waals surface area contributed by atoms with Gasteiger partial charge in [-0.1, -0.05) is 6.07 Å². The van der Waals surface area contributed by atoms with Gasteiger partial charge in [0.1, 0.15) is 6.07 Å². The van der Waals surface area contributed by atoms with Crippen LogP contribution in [0.4, 0.5) is 11.4 Å². The Kier molecular flexibility index (Phi) is 4.86. The predicted octanol–water partition coefficient (Wildman–Crippen LogP) is 4.00. The normalized spacial score (nSPS) is 14.3. The standard InChI is InChI=1S/C17H16IN3O2/c18-13-5-4-6-14(16(13)21-9-2-1-3-10-21)20-17(22)15-8-7-12(11-19)23-15/h4-8H,1-3,9-10H2,(H,20,22). The average Bonchev–Trinajstić information content (AvgIpc) is 3.05. The number of nitrogens with zero attached hydrogens (tertiary/aromatic N) is 2. The van der Waals surface area contributed by atoms with Gasteiger partial charge in [0.15, 0.2) is 5.76 Å². The minimum absolute atomic E-state index is 0.133. The molecular formula is C17H16IN3O2. The number of para-hydroxylation sites is 1. The highest BCUT2D eigenvalue weighted by molar-refractivity contribution is 14.1. The van der Waals surface area contributed by atoms with Crippen molar-refractivity contribution in [2.45, 2.75) is 19.3 Å². The summed E-state index contributed by atoms with van der Waals surface area (Å²) in [6.07, 6.45) is 3.59. The van der Waals surface area contributed by atoms with E-state index >= 15 is 0 Å². The minimum Gasteiger partial charge on any atom is -0.440 e. The number of carbonyl (C=O) groups is 1. The lowest BCUT2D eigenvalue weighted by Gasteiger charge is -2.31. The van der Waals surface area contributed by atoms with Crippen LogP contribution in [0.15, 0.2) is 34.7 Å². The molecule has 0 radical (unpaired) electrons. The Morgan fingerprint density at radius 1 is 1.22 bits per heavy atom. The molecule has 1 N–H and O–H groups in total. The summed E-state index contributed by atoms with van der Waals surface area (Å²) < 4.78 is 6.30. The molecule has 1 aliphatic heterocycles. The van der Waals surface area contributed by atoms with E-state index in [1.165, 1.54) is 31.4 Å². The molecule has 1 fully saturated rings. The zero-order valence-corrected chi connectivity index (χ0v) is 14.7. The van der Waals surface area contributed by atoms with E-state index in [1.54, 1.807) is 0 Å². The third kappa shape index (κ3) is 3.50. The molecule has 0 atom stereocenters. The largest absolute Gasteiger partial charge is 0.440 e. The molecule has 5 nitrogen and oxygen atoms in total. The SMILES string of the molecule is N#Cc1ccc(C(=O)Nc2cccc(I)c2N2CCCCC2)o1. The van der Waals surface area contributed by atoms with Crippen molar-refractivity contribution in [2.24, 2.45) is 0 Å². The van der Waals surface area contributed by atoms with Gasteiger partial charge in [0.2, 0.25) is 5.76 Å². The van der Waals surface area contributed by atoms with E-state index in [1.807, 2.05) is 24.3 Å². The van der Waals surface area contributed by atoms with E-state index in [9.17, 15) is 4.79 Å². The number of rotatable bonds is 3. The number of hydrogen-bond acceptors (Lipinski definition) is 4. The highest BCUT2D eigenvalue weighted by Crippen LogP contribution is 2.33. The summed E-state index contributed by atoms with van der Waals surface area (Å²) in [6, 6.07) is 10.8. The number of furan rings is 1. The number of amides is 1. The molecule has 0 spiro atoms. The number of carbonyl (C=O) groups excluding carboxylic acids is 1. The number of benzene rings is 1. The molecule has 1 aromatic heterocycles. The summed E-state index contributed by atoms with van der Waals surface area (Å²) in [5.74, 6) is -0.0641. The van der Waals surface area contributed by atoms with Gasteiger partial charge in [0.05, 0.1) is 11.4 Å². The lowest BCUT2D eigenvalue weighted by atomic mass is 10.1. The molecule has 2 heterocycles. The highest BCUT2D eigenvalue weighted by Gasteiger charge is 2.20. The quantitative estimate of drug-likeness (QED) is 0.761. The van der Waals surface area contributed by atoms with Crippen LogP contribution in [0.3, 0.4) is 0 Å². The second-order valence-electron chi connectivity index (χ2n) is 5.41. The molecule has 118 valence electrons. The molecule has 6 heteroatoms. The third-order valence-corrected chi connectivity index (χ3v) is 4.72. The summed E-state index contributed by atoms with van der Waals surface area (Å²) >= 11 is 2.30. The summed E-state index contributed by atoms with van der Waals surface area (Å²) in [7, 11) is 0. The maximum absolute atomic E-state index is 12.4.